The third kappa shape index (κ3) is 10.3. The maximum atomic E-state index is 4.67. The minimum absolute atomic E-state index is 0.667. The van der Waals surface area contributed by atoms with Gasteiger partial charge in [0.1, 0.15) is 0 Å². The van der Waals surface area contributed by atoms with Crippen LogP contribution >= 0.6 is 20.2 Å². The van der Waals surface area contributed by atoms with Gasteiger partial charge < -0.3 is 10.5 Å². The molecule has 4 nitrogen and oxygen atoms in total. The SMILES string of the molecule is CCCN(CCC)C(=[SH+])[N-]N=C(C)c1cccc(C)n1.[Cl][Cu][Cl]. The van der Waals surface area contributed by atoms with Crippen LogP contribution in [0, 0.1) is 6.92 Å². The molecule has 0 aliphatic carbocycles. The van der Waals surface area contributed by atoms with Crippen LogP contribution in [-0.4, -0.2) is 33.8 Å². The molecule has 1 aromatic rings. The molecule has 0 spiro atoms. The standard InChI is InChI=1S/C15H24N4S.2ClH.Cu/c1-5-10-19(11-6-2)15(20)18-17-13(4)14-9-7-8-12(3)16-14;;;/h7-9H,5-6,10-11H2,1-4H3,(H,16,18,20);2*1H;/q;;;+2/p-2. The van der Waals surface area contributed by atoms with Crippen LogP contribution in [0.4, 0.5) is 0 Å². The molecule has 1 rings (SSSR count). The number of hydrogen-bond donors (Lipinski definition) is 0. The van der Waals surface area contributed by atoms with Crippen LogP contribution in [-0.2, 0) is 25.4 Å². The van der Waals surface area contributed by atoms with Gasteiger partial charge in [-0.25, -0.2) is 4.90 Å². The second-order valence-corrected chi connectivity index (χ2v) is 6.74. The van der Waals surface area contributed by atoms with Crippen LogP contribution < -0.4 is 0 Å². The summed E-state index contributed by atoms with van der Waals surface area (Å²) in [7, 11) is 9.34. The number of hydrogen-bond acceptors (Lipinski definition) is 2. The van der Waals surface area contributed by atoms with Gasteiger partial charge in [-0.05, 0) is 38.8 Å². The summed E-state index contributed by atoms with van der Waals surface area (Å²) >= 11 is 5.21. The number of halogens is 2. The molecule has 0 atom stereocenters. The minimum atomic E-state index is 0.667. The number of pyridine rings is 1. The summed E-state index contributed by atoms with van der Waals surface area (Å²) in [6, 6.07) is 5.88. The molecule has 0 saturated heterocycles. The topological polar surface area (TPSA) is 42.6 Å². The summed E-state index contributed by atoms with van der Waals surface area (Å²) < 4.78 is 0. The van der Waals surface area contributed by atoms with Crippen LogP contribution in [0.1, 0.15) is 45.0 Å². The van der Waals surface area contributed by atoms with E-state index < -0.39 is 0 Å². The Morgan fingerprint density at radius 2 is 1.87 bits per heavy atom. The van der Waals surface area contributed by atoms with Crippen molar-refractivity contribution in [3.05, 3.63) is 35.0 Å². The molecule has 0 amide bonds. The van der Waals surface area contributed by atoms with Crippen molar-refractivity contribution < 1.29 is 13.1 Å². The Kier molecular flexibility index (Phi) is 14.0. The normalized spacial score (nSPS) is 11.2. The molecule has 0 fully saturated rings. The number of aryl methyl sites for hydroxylation is 1. The molecule has 0 bridgehead atoms. The zero-order chi connectivity index (χ0) is 17.7. The zero-order valence-corrected chi connectivity index (χ0v) is 17.2. The first-order valence-electron chi connectivity index (χ1n) is 7.31. The van der Waals surface area contributed by atoms with E-state index in [0.717, 1.165) is 56.2 Å². The average molecular weight is 427 g/mol. The van der Waals surface area contributed by atoms with Crippen molar-refractivity contribution in [2.24, 2.45) is 5.10 Å². The van der Waals surface area contributed by atoms with E-state index >= 15 is 0 Å². The summed E-state index contributed by atoms with van der Waals surface area (Å²) in [5.74, 6) is 0. The van der Waals surface area contributed by atoms with Gasteiger partial charge in [-0.2, -0.15) is 0 Å². The number of nitrogens with zero attached hydrogens (tertiary/aromatic N) is 4. The van der Waals surface area contributed by atoms with E-state index in [1.807, 2.05) is 32.0 Å². The first-order chi connectivity index (χ1) is 11.0. The summed E-state index contributed by atoms with van der Waals surface area (Å²) in [6.07, 6.45) is 2.14. The van der Waals surface area contributed by atoms with Gasteiger partial charge in [-0.3, -0.25) is 4.98 Å². The third-order valence-corrected chi connectivity index (χ3v) is 3.19. The van der Waals surface area contributed by atoms with E-state index in [1.165, 1.54) is 0 Å². The zero-order valence-electron chi connectivity index (χ0n) is 13.9. The first-order valence-corrected chi connectivity index (χ1v) is 10.3. The molecular formula is C15H24Cl2CuN4S. The van der Waals surface area contributed by atoms with Crippen LogP contribution in [0.2, 0.25) is 0 Å². The van der Waals surface area contributed by atoms with Crippen LogP contribution in [0.15, 0.2) is 23.3 Å². The van der Waals surface area contributed by atoms with Crippen molar-refractivity contribution in [3.8, 4) is 0 Å². The Labute approximate surface area is 159 Å². The van der Waals surface area contributed by atoms with E-state index in [-0.39, 0.29) is 0 Å². The van der Waals surface area contributed by atoms with Gasteiger partial charge in [0.05, 0.1) is 5.69 Å². The average Bonchev–Trinajstić information content (AvgIpc) is 2.53. The van der Waals surface area contributed by atoms with E-state index in [1.54, 1.807) is 0 Å². The Balaban J connectivity index is 0.00000149. The number of aromatic nitrogens is 1. The molecule has 0 radical (unpaired) electrons. The van der Waals surface area contributed by atoms with E-state index in [9.17, 15) is 0 Å². The van der Waals surface area contributed by atoms with E-state index in [2.05, 4.69) is 66.7 Å². The predicted octanol–water partition coefficient (Wildman–Crippen LogP) is 4.35. The van der Waals surface area contributed by atoms with Crippen LogP contribution in [0.3, 0.4) is 0 Å². The van der Waals surface area contributed by atoms with Gasteiger partial charge >= 0.3 is 33.3 Å². The molecule has 0 N–H and O–H groups in total. The predicted molar refractivity (Wildman–Crippen MR) is 102 cm³/mol. The van der Waals surface area contributed by atoms with Crippen LogP contribution in [0.5, 0.6) is 0 Å². The molecule has 23 heavy (non-hydrogen) atoms. The van der Waals surface area contributed by atoms with Gasteiger partial charge in [0.2, 0.25) is 0 Å². The monoisotopic (exact) mass is 425 g/mol. The first kappa shape index (κ1) is 22.8. The van der Waals surface area contributed by atoms with Gasteiger partial charge in [0, 0.05) is 24.5 Å². The van der Waals surface area contributed by atoms with Crippen LogP contribution in [0.25, 0.3) is 5.43 Å². The summed E-state index contributed by atoms with van der Waals surface area (Å²) in [4.78, 5) is 6.57. The summed E-state index contributed by atoms with van der Waals surface area (Å²) in [5, 5.41) is 4.91. The fourth-order valence-electron chi connectivity index (χ4n) is 1.83. The van der Waals surface area contributed by atoms with Gasteiger partial charge in [-0.1, -0.05) is 19.9 Å². The van der Waals surface area contributed by atoms with Crippen molar-refractivity contribution in [1.82, 2.24) is 9.88 Å². The van der Waals surface area contributed by atoms with Gasteiger partial charge in [0.25, 0.3) is 0 Å². The molecule has 0 aliphatic heterocycles. The molecule has 0 saturated carbocycles. The molecule has 0 unspecified atom stereocenters. The van der Waals surface area contributed by atoms with E-state index in [4.69, 9.17) is 0 Å². The van der Waals surface area contributed by atoms with Crippen molar-refractivity contribution in [2.75, 3.05) is 13.1 Å². The quantitative estimate of drug-likeness (QED) is 0.169. The van der Waals surface area contributed by atoms with Gasteiger partial charge in [-0.15, -0.1) is 0 Å². The molecule has 0 aliphatic rings. The Morgan fingerprint density at radius 1 is 1.30 bits per heavy atom. The molecule has 1 aromatic heterocycles. The Hall–Kier alpha value is -0.231. The third-order valence-electron chi connectivity index (χ3n) is 2.82. The second-order valence-electron chi connectivity index (χ2n) is 4.78. The summed E-state index contributed by atoms with van der Waals surface area (Å²) in [5.41, 5.74) is 6.85. The number of rotatable bonds is 6. The molecule has 135 valence electrons. The molecule has 1 heterocycles. The second kappa shape index (κ2) is 14.1. The Morgan fingerprint density at radius 3 is 2.35 bits per heavy atom. The Bertz CT molecular complexity index is 494. The summed E-state index contributed by atoms with van der Waals surface area (Å²) in [6.45, 7) is 10.1. The molecule has 0 aromatic carbocycles. The van der Waals surface area contributed by atoms with E-state index in [0.29, 0.717) is 5.11 Å². The molecule has 8 heteroatoms. The maximum absolute atomic E-state index is 4.67. The van der Waals surface area contributed by atoms with Crippen molar-refractivity contribution in [2.45, 2.75) is 40.5 Å². The fourth-order valence-corrected chi connectivity index (χ4v) is 2.08. The van der Waals surface area contributed by atoms with Crippen molar-refractivity contribution >= 4 is 43.2 Å². The van der Waals surface area contributed by atoms with Crippen molar-refractivity contribution in [3.63, 3.8) is 0 Å². The van der Waals surface area contributed by atoms with Gasteiger partial charge in [0.15, 0.2) is 17.3 Å². The molecular weight excluding hydrogens is 403 g/mol. The number of thiol groups is 1. The fraction of sp³-hybridized carbons (Fsp3) is 0.533. The van der Waals surface area contributed by atoms with Crippen molar-refractivity contribution in [1.29, 1.82) is 0 Å².